The minimum absolute atomic E-state index is 0.0868. The molecule has 3 heterocycles. The van der Waals surface area contributed by atoms with Crippen LogP contribution in [0.5, 0.6) is 5.75 Å². The molecule has 2 aromatic heterocycles. The van der Waals surface area contributed by atoms with E-state index in [0.717, 1.165) is 23.6 Å². The summed E-state index contributed by atoms with van der Waals surface area (Å²) in [4.78, 5) is 34.2. The highest BCUT2D eigenvalue weighted by Gasteiger charge is 2.30. The molecule has 0 unspecified atom stereocenters. The number of phenols is 1. The highest BCUT2D eigenvalue weighted by atomic mass is 32.2. The zero-order valence-electron chi connectivity index (χ0n) is 25.9. The second-order valence-electron chi connectivity index (χ2n) is 12.9. The number of piperidine rings is 1. The standard InChI is InChI=1S/C31H43N5O5S/c1-20(2)24-18-32-27-23(35(29(39)41-31(6,7)8)19-21-11-9-10-12-25(21)37)17-26(33-36(24)27)42-22-13-15-34(16-14-22)28(38)40-30(3,4)5/h9-12,17-18,20,22,37H,13-16,19H2,1-8H3. The van der Waals surface area contributed by atoms with Crippen LogP contribution in [0.1, 0.15) is 85.4 Å². The SMILES string of the molecule is CC(C)c1cnc2c(N(Cc3ccccc3O)C(=O)OC(C)(C)C)cc(SC3CCN(C(=O)OC(C)(C)C)CC3)nn12. The average molecular weight is 598 g/mol. The molecule has 0 aliphatic carbocycles. The molecule has 0 bridgehead atoms. The van der Waals surface area contributed by atoms with Gasteiger partial charge in [0.2, 0.25) is 0 Å². The molecule has 2 amide bonds. The highest BCUT2D eigenvalue weighted by molar-refractivity contribution is 7.99. The van der Waals surface area contributed by atoms with Crippen molar-refractivity contribution in [3.8, 4) is 5.75 Å². The van der Waals surface area contributed by atoms with Gasteiger partial charge in [0, 0.05) is 23.9 Å². The quantitative estimate of drug-likeness (QED) is 0.324. The number of likely N-dealkylation sites (tertiary alicyclic amines) is 1. The third-order valence-corrected chi connectivity index (χ3v) is 7.90. The van der Waals surface area contributed by atoms with E-state index in [1.807, 2.05) is 53.7 Å². The number of aromatic hydroxyl groups is 1. The molecular weight excluding hydrogens is 554 g/mol. The zero-order valence-corrected chi connectivity index (χ0v) is 26.7. The Morgan fingerprint density at radius 3 is 2.31 bits per heavy atom. The molecule has 4 rings (SSSR count). The number of anilines is 1. The molecule has 1 aromatic carbocycles. The van der Waals surface area contributed by atoms with E-state index in [1.54, 1.807) is 45.6 Å². The van der Waals surface area contributed by atoms with Gasteiger partial charge in [-0.05, 0) is 72.4 Å². The summed E-state index contributed by atoms with van der Waals surface area (Å²) in [5.74, 6) is 0.236. The molecular formula is C31H43N5O5S. The van der Waals surface area contributed by atoms with Crippen LogP contribution < -0.4 is 4.90 Å². The van der Waals surface area contributed by atoms with Crippen molar-refractivity contribution >= 4 is 35.3 Å². The van der Waals surface area contributed by atoms with Gasteiger partial charge in [-0.1, -0.05) is 32.0 Å². The molecule has 1 fully saturated rings. The van der Waals surface area contributed by atoms with Crippen LogP contribution in [0.25, 0.3) is 5.65 Å². The first-order chi connectivity index (χ1) is 19.6. The lowest BCUT2D eigenvalue weighted by molar-refractivity contribution is 0.0219. The van der Waals surface area contributed by atoms with Crippen LogP contribution in [0.15, 0.2) is 41.6 Å². The van der Waals surface area contributed by atoms with Crippen molar-refractivity contribution in [2.75, 3.05) is 18.0 Å². The largest absolute Gasteiger partial charge is 0.508 e. The fraction of sp³-hybridized carbons (Fsp3) is 0.548. The number of aromatic nitrogens is 3. The molecule has 1 N–H and O–H groups in total. The summed E-state index contributed by atoms with van der Waals surface area (Å²) in [6.07, 6.45) is 2.53. The fourth-order valence-electron chi connectivity index (χ4n) is 4.63. The fourth-order valence-corrected chi connectivity index (χ4v) is 5.73. The van der Waals surface area contributed by atoms with Gasteiger partial charge in [-0.3, -0.25) is 4.90 Å². The third kappa shape index (κ3) is 7.87. The Kier molecular flexibility index (Phi) is 9.30. The van der Waals surface area contributed by atoms with Crippen molar-refractivity contribution in [2.45, 2.75) is 102 Å². The van der Waals surface area contributed by atoms with E-state index >= 15 is 0 Å². The number of rotatable bonds is 6. The Balaban J connectivity index is 1.68. The molecule has 0 radical (unpaired) electrons. The van der Waals surface area contributed by atoms with Crippen molar-refractivity contribution in [1.82, 2.24) is 19.5 Å². The number of phenolic OH excluding ortho intramolecular Hbond substituents is 1. The summed E-state index contributed by atoms with van der Waals surface area (Å²) in [5, 5.41) is 16.4. The predicted molar refractivity (Wildman–Crippen MR) is 164 cm³/mol. The molecule has 1 aliphatic rings. The smallest absolute Gasteiger partial charge is 0.415 e. The first-order valence-electron chi connectivity index (χ1n) is 14.4. The molecule has 0 atom stereocenters. The number of thioether (sulfide) groups is 1. The van der Waals surface area contributed by atoms with E-state index in [4.69, 9.17) is 14.6 Å². The minimum atomic E-state index is -0.727. The topological polar surface area (TPSA) is 110 Å². The molecule has 0 spiro atoms. The Morgan fingerprint density at radius 1 is 1.07 bits per heavy atom. The average Bonchev–Trinajstić information content (AvgIpc) is 3.30. The first kappa shape index (κ1) is 31.5. The second-order valence-corrected chi connectivity index (χ2v) is 14.2. The van der Waals surface area contributed by atoms with Crippen LogP contribution in [0.4, 0.5) is 15.3 Å². The maximum absolute atomic E-state index is 13.7. The molecule has 1 aliphatic heterocycles. The normalized spacial score (nSPS) is 14.8. The monoisotopic (exact) mass is 597 g/mol. The lowest BCUT2D eigenvalue weighted by Crippen LogP contribution is -2.42. The van der Waals surface area contributed by atoms with Gasteiger partial charge in [0.1, 0.15) is 22.0 Å². The van der Waals surface area contributed by atoms with Gasteiger partial charge < -0.3 is 19.5 Å². The molecule has 11 heteroatoms. The van der Waals surface area contributed by atoms with E-state index in [9.17, 15) is 14.7 Å². The molecule has 10 nitrogen and oxygen atoms in total. The van der Waals surface area contributed by atoms with Gasteiger partial charge in [-0.25, -0.2) is 19.1 Å². The molecule has 1 saturated heterocycles. The van der Waals surface area contributed by atoms with Gasteiger partial charge >= 0.3 is 12.2 Å². The highest BCUT2D eigenvalue weighted by Crippen LogP contribution is 2.35. The lowest BCUT2D eigenvalue weighted by Gasteiger charge is -2.33. The summed E-state index contributed by atoms with van der Waals surface area (Å²) < 4.78 is 13.2. The molecule has 3 aromatic rings. The van der Waals surface area contributed by atoms with Crippen LogP contribution in [0, 0.1) is 0 Å². The van der Waals surface area contributed by atoms with Crippen molar-refractivity contribution in [2.24, 2.45) is 0 Å². The van der Waals surface area contributed by atoms with E-state index in [0.29, 0.717) is 30.0 Å². The van der Waals surface area contributed by atoms with Crippen LogP contribution in [0.2, 0.25) is 0 Å². The van der Waals surface area contributed by atoms with Crippen molar-refractivity contribution < 1.29 is 24.2 Å². The summed E-state index contributed by atoms with van der Waals surface area (Å²) in [7, 11) is 0. The third-order valence-electron chi connectivity index (χ3n) is 6.65. The number of carbonyl (C=O) groups excluding carboxylic acids is 2. The van der Waals surface area contributed by atoms with Gasteiger partial charge in [0.05, 0.1) is 24.1 Å². The first-order valence-corrected chi connectivity index (χ1v) is 15.3. The molecule has 0 saturated carbocycles. The van der Waals surface area contributed by atoms with Crippen molar-refractivity contribution in [3.05, 3.63) is 47.8 Å². The van der Waals surface area contributed by atoms with Crippen LogP contribution in [-0.4, -0.2) is 66.3 Å². The Morgan fingerprint density at radius 2 is 1.71 bits per heavy atom. The van der Waals surface area contributed by atoms with Gasteiger partial charge in [-0.2, -0.15) is 5.10 Å². The summed E-state index contributed by atoms with van der Waals surface area (Å²) in [5.41, 5.74) is 1.31. The number of imidazole rings is 1. The van der Waals surface area contributed by atoms with Crippen molar-refractivity contribution in [3.63, 3.8) is 0 Å². The summed E-state index contributed by atoms with van der Waals surface area (Å²) >= 11 is 1.63. The number of nitrogens with zero attached hydrogens (tertiary/aromatic N) is 5. The van der Waals surface area contributed by atoms with Crippen LogP contribution in [-0.2, 0) is 16.0 Å². The van der Waals surface area contributed by atoms with E-state index in [1.165, 1.54) is 4.90 Å². The van der Waals surface area contributed by atoms with Crippen LogP contribution >= 0.6 is 11.8 Å². The number of amides is 2. The lowest BCUT2D eigenvalue weighted by atomic mass is 10.1. The molecule has 42 heavy (non-hydrogen) atoms. The van der Waals surface area contributed by atoms with E-state index < -0.39 is 17.3 Å². The van der Waals surface area contributed by atoms with Gasteiger partial charge in [-0.15, -0.1) is 11.8 Å². The van der Waals surface area contributed by atoms with Gasteiger partial charge in [0.15, 0.2) is 5.65 Å². The number of carbonyl (C=O) groups is 2. The molecule has 228 valence electrons. The maximum Gasteiger partial charge on any atom is 0.415 e. The number of benzene rings is 1. The Bertz CT molecular complexity index is 1420. The van der Waals surface area contributed by atoms with E-state index in [-0.39, 0.29) is 29.6 Å². The number of fused-ring (bicyclic) bond motifs is 1. The number of ether oxygens (including phenoxy) is 2. The number of hydrogen-bond acceptors (Lipinski definition) is 8. The second kappa shape index (κ2) is 12.4. The van der Waals surface area contributed by atoms with E-state index in [2.05, 4.69) is 18.8 Å². The zero-order chi connectivity index (χ0) is 30.8. The van der Waals surface area contributed by atoms with Crippen LogP contribution in [0.3, 0.4) is 0 Å². The number of para-hydroxylation sites is 1. The number of hydrogen-bond donors (Lipinski definition) is 1. The minimum Gasteiger partial charge on any atom is -0.508 e. The Hall–Kier alpha value is -3.47. The van der Waals surface area contributed by atoms with Crippen molar-refractivity contribution in [1.29, 1.82) is 0 Å². The Labute approximate surface area is 252 Å². The van der Waals surface area contributed by atoms with Gasteiger partial charge in [0.25, 0.3) is 0 Å². The summed E-state index contributed by atoms with van der Waals surface area (Å²) in [6, 6.07) is 8.82. The maximum atomic E-state index is 13.7. The summed E-state index contributed by atoms with van der Waals surface area (Å²) in [6.45, 7) is 16.5. The predicted octanol–water partition coefficient (Wildman–Crippen LogP) is 6.99.